The van der Waals surface area contributed by atoms with E-state index >= 15 is 0 Å². The van der Waals surface area contributed by atoms with Gasteiger partial charge in [-0.15, -0.1) is 0 Å². The number of aryl methyl sites for hydroxylation is 1. The van der Waals surface area contributed by atoms with Crippen LogP contribution in [-0.2, 0) is 20.9 Å². The molecule has 1 aliphatic heterocycles. The van der Waals surface area contributed by atoms with Gasteiger partial charge in [0.05, 0.1) is 41.5 Å². The Bertz CT molecular complexity index is 1390. The van der Waals surface area contributed by atoms with Crippen LogP contribution in [0.2, 0.25) is 5.02 Å². The highest BCUT2D eigenvalue weighted by Gasteiger charge is 2.46. The molecule has 1 aliphatic rings. The van der Waals surface area contributed by atoms with E-state index in [1.807, 2.05) is 0 Å². The normalized spacial score (nSPS) is 16.6. The van der Waals surface area contributed by atoms with Gasteiger partial charge in [-0.05, 0) is 66.9 Å². The molecule has 1 atom stereocenters. The molecule has 1 amide bonds. The second kappa shape index (κ2) is 10.8. The summed E-state index contributed by atoms with van der Waals surface area (Å²) in [6, 6.07) is 12.4. The second-order valence-electron chi connectivity index (χ2n) is 8.45. The van der Waals surface area contributed by atoms with E-state index in [0.29, 0.717) is 16.7 Å². The lowest BCUT2D eigenvalue weighted by atomic mass is 9.95. The third-order valence-electron chi connectivity index (χ3n) is 6.03. The highest BCUT2D eigenvalue weighted by molar-refractivity contribution is 6.46. The van der Waals surface area contributed by atoms with Gasteiger partial charge in [0.15, 0.2) is 0 Å². The highest BCUT2D eigenvalue weighted by atomic mass is 35.5. The standard InChI is InChI=1S/C28H25ClN2O6/c1-4-37-28(35)19-7-5-17(6-8-19)15-31-23(18-9-11-30-12-10-18)22(25(33)27(31)34)24(32)20-13-16(2)14-21(29)26(20)36-3/h5-14,23,32H,4,15H2,1-3H3/b24-22+. The summed E-state index contributed by atoms with van der Waals surface area (Å²) >= 11 is 6.33. The van der Waals surface area contributed by atoms with Gasteiger partial charge in [0.2, 0.25) is 0 Å². The number of aliphatic hydroxyl groups excluding tert-OH is 1. The molecule has 1 N–H and O–H groups in total. The number of pyridine rings is 1. The maximum absolute atomic E-state index is 13.3. The van der Waals surface area contributed by atoms with Gasteiger partial charge in [0.25, 0.3) is 11.7 Å². The number of Topliss-reactive ketones (excluding diaryl/α,β-unsaturated/α-hetero) is 1. The summed E-state index contributed by atoms with van der Waals surface area (Å²) in [5.74, 6) is -2.24. The Labute approximate surface area is 219 Å². The van der Waals surface area contributed by atoms with E-state index in [-0.39, 0.29) is 40.8 Å². The number of aromatic nitrogens is 1. The first-order valence-corrected chi connectivity index (χ1v) is 11.9. The van der Waals surface area contributed by atoms with Gasteiger partial charge in [-0.2, -0.15) is 0 Å². The lowest BCUT2D eigenvalue weighted by Gasteiger charge is -2.25. The van der Waals surface area contributed by atoms with Crippen LogP contribution in [0.5, 0.6) is 5.75 Å². The smallest absolute Gasteiger partial charge is 0.338 e. The number of halogens is 1. The second-order valence-corrected chi connectivity index (χ2v) is 8.86. The van der Waals surface area contributed by atoms with Crippen LogP contribution in [0.1, 0.15) is 45.6 Å². The Morgan fingerprint density at radius 2 is 1.78 bits per heavy atom. The lowest BCUT2D eigenvalue weighted by Crippen LogP contribution is -2.29. The monoisotopic (exact) mass is 520 g/mol. The molecule has 2 heterocycles. The van der Waals surface area contributed by atoms with Crippen molar-refractivity contribution < 1.29 is 29.0 Å². The van der Waals surface area contributed by atoms with Gasteiger partial charge >= 0.3 is 5.97 Å². The van der Waals surface area contributed by atoms with Crippen molar-refractivity contribution in [3.8, 4) is 5.75 Å². The fourth-order valence-corrected chi connectivity index (χ4v) is 4.70. The van der Waals surface area contributed by atoms with Crippen LogP contribution in [0, 0.1) is 6.92 Å². The van der Waals surface area contributed by atoms with Crippen molar-refractivity contribution in [3.63, 3.8) is 0 Å². The minimum Gasteiger partial charge on any atom is -0.507 e. The van der Waals surface area contributed by atoms with Crippen molar-refractivity contribution in [2.75, 3.05) is 13.7 Å². The molecule has 0 radical (unpaired) electrons. The third-order valence-corrected chi connectivity index (χ3v) is 6.31. The Morgan fingerprint density at radius 1 is 1.11 bits per heavy atom. The average Bonchev–Trinajstić information content (AvgIpc) is 3.14. The largest absolute Gasteiger partial charge is 0.507 e. The van der Waals surface area contributed by atoms with Gasteiger partial charge in [-0.25, -0.2) is 4.79 Å². The Balaban J connectivity index is 1.81. The zero-order valence-electron chi connectivity index (χ0n) is 20.5. The minimum absolute atomic E-state index is 0.0587. The van der Waals surface area contributed by atoms with Crippen LogP contribution < -0.4 is 4.74 Å². The van der Waals surface area contributed by atoms with Crippen LogP contribution in [0.3, 0.4) is 0 Å². The maximum Gasteiger partial charge on any atom is 0.338 e. The van der Waals surface area contributed by atoms with Crippen LogP contribution >= 0.6 is 11.6 Å². The van der Waals surface area contributed by atoms with Gasteiger partial charge in [-0.1, -0.05) is 23.7 Å². The van der Waals surface area contributed by atoms with Crippen LogP contribution in [0.4, 0.5) is 0 Å². The number of hydrogen-bond donors (Lipinski definition) is 1. The molecule has 0 bridgehead atoms. The van der Waals surface area contributed by atoms with E-state index in [0.717, 1.165) is 5.56 Å². The fraction of sp³-hybridized carbons (Fsp3) is 0.214. The molecule has 8 nitrogen and oxygen atoms in total. The van der Waals surface area contributed by atoms with E-state index < -0.39 is 23.7 Å². The molecule has 2 aromatic carbocycles. The van der Waals surface area contributed by atoms with E-state index in [1.165, 1.54) is 12.0 Å². The first-order valence-electron chi connectivity index (χ1n) is 11.6. The van der Waals surface area contributed by atoms with Crippen molar-refractivity contribution in [2.45, 2.75) is 26.4 Å². The number of methoxy groups -OCH3 is 1. The summed E-state index contributed by atoms with van der Waals surface area (Å²) in [6.07, 6.45) is 3.10. The molecule has 0 aliphatic carbocycles. The number of rotatable bonds is 7. The summed E-state index contributed by atoms with van der Waals surface area (Å²) in [6.45, 7) is 3.83. The topological polar surface area (TPSA) is 106 Å². The molecule has 3 aromatic rings. The predicted molar refractivity (Wildman–Crippen MR) is 137 cm³/mol. The molecule has 9 heteroatoms. The van der Waals surface area contributed by atoms with Gasteiger partial charge in [0, 0.05) is 18.9 Å². The summed E-state index contributed by atoms with van der Waals surface area (Å²) < 4.78 is 10.4. The SMILES string of the molecule is CCOC(=O)c1ccc(CN2C(=O)C(=O)/C(=C(/O)c3cc(C)cc(Cl)c3OC)C2c2ccncc2)cc1. The minimum atomic E-state index is -0.892. The molecule has 1 unspecified atom stereocenters. The number of ether oxygens (including phenoxy) is 2. The van der Waals surface area contributed by atoms with Crippen LogP contribution in [0.15, 0.2) is 66.5 Å². The van der Waals surface area contributed by atoms with Crippen molar-refractivity contribution >= 4 is 35.0 Å². The number of carbonyl (C=O) groups excluding carboxylic acids is 3. The number of nitrogens with zero attached hydrogens (tertiary/aromatic N) is 2. The fourth-order valence-electron chi connectivity index (χ4n) is 4.35. The van der Waals surface area contributed by atoms with Crippen LogP contribution in [0.25, 0.3) is 5.76 Å². The molecular formula is C28H25ClN2O6. The zero-order valence-corrected chi connectivity index (χ0v) is 21.3. The van der Waals surface area contributed by atoms with E-state index in [1.54, 1.807) is 74.8 Å². The molecule has 1 aromatic heterocycles. The van der Waals surface area contributed by atoms with E-state index in [9.17, 15) is 19.5 Å². The number of ketones is 1. The number of amides is 1. The van der Waals surface area contributed by atoms with Crippen molar-refractivity contribution in [3.05, 3.63) is 99.3 Å². The first kappa shape index (κ1) is 25.9. The molecule has 190 valence electrons. The maximum atomic E-state index is 13.3. The number of carbonyl (C=O) groups is 3. The number of hydrogen-bond acceptors (Lipinski definition) is 7. The van der Waals surface area contributed by atoms with Crippen molar-refractivity contribution in [1.29, 1.82) is 0 Å². The molecule has 37 heavy (non-hydrogen) atoms. The van der Waals surface area contributed by atoms with Gasteiger partial charge < -0.3 is 19.5 Å². The Morgan fingerprint density at radius 3 is 2.41 bits per heavy atom. The molecule has 0 spiro atoms. The van der Waals surface area contributed by atoms with Gasteiger partial charge in [0.1, 0.15) is 11.5 Å². The van der Waals surface area contributed by atoms with E-state index in [4.69, 9.17) is 21.1 Å². The summed E-state index contributed by atoms with van der Waals surface area (Å²) in [4.78, 5) is 44.0. The Kier molecular flexibility index (Phi) is 7.59. The van der Waals surface area contributed by atoms with Crippen molar-refractivity contribution in [1.82, 2.24) is 9.88 Å². The van der Waals surface area contributed by atoms with E-state index in [2.05, 4.69) is 4.98 Å². The summed E-state index contributed by atoms with van der Waals surface area (Å²) in [5, 5.41) is 11.7. The van der Waals surface area contributed by atoms with Crippen LogP contribution in [-0.4, -0.2) is 46.4 Å². The summed E-state index contributed by atoms with van der Waals surface area (Å²) in [7, 11) is 1.41. The quantitative estimate of drug-likeness (QED) is 0.205. The molecule has 4 rings (SSSR count). The van der Waals surface area contributed by atoms with Gasteiger partial charge in [-0.3, -0.25) is 14.6 Å². The molecular weight excluding hydrogens is 496 g/mol. The zero-order chi connectivity index (χ0) is 26.7. The third kappa shape index (κ3) is 5.06. The number of benzene rings is 2. The average molecular weight is 521 g/mol. The summed E-state index contributed by atoms with van der Waals surface area (Å²) in [5.41, 5.74) is 2.52. The Hall–Kier alpha value is -4.17. The first-order chi connectivity index (χ1) is 17.8. The lowest BCUT2D eigenvalue weighted by molar-refractivity contribution is -0.140. The molecule has 1 saturated heterocycles. The predicted octanol–water partition coefficient (Wildman–Crippen LogP) is 4.85. The number of esters is 1. The number of aliphatic hydroxyl groups is 1. The van der Waals surface area contributed by atoms with Crippen molar-refractivity contribution in [2.24, 2.45) is 0 Å². The highest BCUT2D eigenvalue weighted by Crippen LogP contribution is 2.43. The molecule has 0 saturated carbocycles. The molecule has 1 fully saturated rings. The number of likely N-dealkylation sites (tertiary alicyclic amines) is 1.